The molecule has 0 amide bonds. The van der Waals surface area contributed by atoms with Gasteiger partial charge in [-0.25, -0.2) is 0 Å². The molecular weight excluding hydrogens is 180 g/mol. The summed E-state index contributed by atoms with van der Waals surface area (Å²) in [5, 5.41) is 45.1. The van der Waals surface area contributed by atoms with Gasteiger partial charge in [0, 0.05) is 6.61 Å². The quantitative estimate of drug-likeness (QED) is 0.324. The van der Waals surface area contributed by atoms with Gasteiger partial charge in [-0.15, -0.1) is 0 Å². The van der Waals surface area contributed by atoms with Crippen molar-refractivity contribution in [2.24, 2.45) is 0 Å². The molecule has 1 fully saturated rings. The van der Waals surface area contributed by atoms with E-state index in [9.17, 15) is 10.2 Å². The molecule has 1 rings (SSSR count). The van der Waals surface area contributed by atoms with Gasteiger partial charge in [0.05, 0.1) is 6.10 Å². The van der Waals surface area contributed by atoms with Gasteiger partial charge in [-0.2, -0.15) is 0 Å². The van der Waals surface area contributed by atoms with E-state index in [4.69, 9.17) is 20.1 Å². The van der Waals surface area contributed by atoms with Crippen molar-refractivity contribution in [3.63, 3.8) is 0 Å². The maximum absolute atomic E-state index is 9.30. The summed E-state index contributed by atoms with van der Waals surface area (Å²) in [7, 11) is 0. The van der Waals surface area contributed by atoms with Crippen molar-refractivity contribution in [1.29, 1.82) is 0 Å². The highest BCUT2D eigenvalue weighted by molar-refractivity contribution is 4.88. The Morgan fingerprint density at radius 2 is 1.54 bits per heavy atom. The highest BCUT2D eigenvalue weighted by atomic mass is 16.6. The average Bonchev–Trinajstić information content (AvgIpc) is 2.11. The van der Waals surface area contributed by atoms with E-state index in [2.05, 4.69) is 0 Å². The maximum Gasteiger partial charge on any atom is 0.183 e. The van der Waals surface area contributed by atoms with Gasteiger partial charge in [-0.1, -0.05) is 0 Å². The first kappa shape index (κ1) is 10.8. The van der Waals surface area contributed by atoms with E-state index in [0.717, 1.165) is 0 Å². The Bertz CT molecular complexity index is 163. The molecule has 0 spiro atoms. The van der Waals surface area contributed by atoms with Crippen LogP contribution in [-0.2, 0) is 4.74 Å². The average molecular weight is 194 g/mol. The standard InChI is InChI=1S/C7H14O6/c8-2-1-3-4(9)5(10)6(11)7(12)13-3/h3-12H,1-2H2/t3-,4-,5+,6-,7?/m1/s1. The molecule has 1 heterocycles. The van der Waals surface area contributed by atoms with Gasteiger partial charge in [0.25, 0.3) is 0 Å². The second-order valence-electron chi connectivity index (χ2n) is 3.05. The molecule has 6 heteroatoms. The molecule has 0 aromatic carbocycles. The lowest BCUT2D eigenvalue weighted by Gasteiger charge is -2.38. The Labute approximate surface area is 75.0 Å². The molecule has 1 unspecified atom stereocenters. The van der Waals surface area contributed by atoms with Gasteiger partial charge in [0.2, 0.25) is 0 Å². The highest BCUT2D eigenvalue weighted by Crippen LogP contribution is 2.21. The number of hydrogen-bond donors (Lipinski definition) is 5. The lowest BCUT2D eigenvalue weighted by molar-refractivity contribution is -0.283. The Kier molecular flexibility index (Phi) is 3.60. The molecule has 1 aliphatic rings. The fraction of sp³-hybridized carbons (Fsp3) is 1.00. The number of hydrogen-bond acceptors (Lipinski definition) is 6. The lowest BCUT2D eigenvalue weighted by Crippen LogP contribution is -2.57. The molecule has 0 radical (unpaired) electrons. The minimum atomic E-state index is -1.52. The lowest BCUT2D eigenvalue weighted by atomic mass is 9.97. The first-order valence-corrected chi connectivity index (χ1v) is 4.06. The Hall–Kier alpha value is -0.240. The molecular formula is C7H14O6. The summed E-state index contributed by atoms with van der Waals surface area (Å²) in [6.45, 7) is -0.225. The number of ether oxygens (including phenoxy) is 1. The van der Waals surface area contributed by atoms with E-state index in [0.29, 0.717) is 0 Å². The van der Waals surface area contributed by atoms with Crippen LogP contribution in [0.5, 0.6) is 0 Å². The molecule has 78 valence electrons. The van der Waals surface area contributed by atoms with Gasteiger partial charge in [0.1, 0.15) is 18.3 Å². The third kappa shape index (κ3) is 2.16. The molecule has 13 heavy (non-hydrogen) atoms. The Morgan fingerprint density at radius 1 is 0.923 bits per heavy atom. The van der Waals surface area contributed by atoms with Crippen LogP contribution in [0, 0.1) is 0 Å². The molecule has 6 nitrogen and oxygen atoms in total. The van der Waals surface area contributed by atoms with Crippen LogP contribution in [0.4, 0.5) is 0 Å². The monoisotopic (exact) mass is 194 g/mol. The molecule has 0 bridgehead atoms. The summed E-state index contributed by atoms with van der Waals surface area (Å²) >= 11 is 0. The summed E-state index contributed by atoms with van der Waals surface area (Å²) in [6, 6.07) is 0. The van der Waals surface area contributed by atoms with Crippen molar-refractivity contribution < 1.29 is 30.3 Å². The number of aliphatic hydroxyl groups is 5. The van der Waals surface area contributed by atoms with Gasteiger partial charge < -0.3 is 30.3 Å². The van der Waals surface area contributed by atoms with E-state index in [-0.39, 0.29) is 13.0 Å². The van der Waals surface area contributed by atoms with Crippen LogP contribution in [-0.4, -0.2) is 62.8 Å². The minimum absolute atomic E-state index is 0.0992. The zero-order chi connectivity index (χ0) is 10.0. The molecule has 5 N–H and O–H groups in total. The van der Waals surface area contributed by atoms with Crippen molar-refractivity contribution in [2.75, 3.05) is 6.61 Å². The SMILES string of the molecule is OCC[C@H]1OC(O)[C@H](O)[C@@H](O)[C@@H]1O. The summed E-state index contributed by atoms with van der Waals surface area (Å²) in [5.41, 5.74) is 0. The van der Waals surface area contributed by atoms with Gasteiger partial charge in [-0.05, 0) is 6.42 Å². The fourth-order valence-corrected chi connectivity index (χ4v) is 1.30. The van der Waals surface area contributed by atoms with Crippen LogP contribution in [0.2, 0.25) is 0 Å². The van der Waals surface area contributed by atoms with Gasteiger partial charge in [0.15, 0.2) is 6.29 Å². The van der Waals surface area contributed by atoms with Crippen LogP contribution in [0.25, 0.3) is 0 Å². The smallest absolute Gasteiger partial charge is 0.183 e. The topological polar surface area (TPSA) is 110 Å². The Balaban J connectivity index is 2.59. The van der Waals surface area contributed by atoms with E-state index in [1.807, 2.05) is 0 Å². The minimum Gasteiger partial charge on any atom is -0.396 e. The normalized spacial score (nSPS) is 46.4. The summed E-state index contributed by atoms with van der Waals surface area (Å²) < 4.78 is 4.76. The first-order chi connectivity index (χ1) is 6.07. The largest absolute Gasteiger partial charge is 0.396 e. The third-order valence-electron chi connectivity index (χ3n) is 2.10. The van der Waals surface area contributed by atoms with E-state index in [1.54, 1.807) is 0 Å². The molecule has 1 aliphatic heterocycles. The van der Waals surface area contributed by atoms with Crippen molar-refractivity contribution in [3.05, 3.63) is 0 Å². The van der Waals surface area contributed by atoms with E-state index in [1.165, 1.54) is 0 Å². The van der Waals surface area contributed by atoms with E-state index < -0.39 is 30.7 Å². The fourth-order valence-electron chi connectivity index (χ4n) is 1.30. The zero-order valence-corrected chi connectivity index (χ0v) is 6.95. The molecule has 0 saturated carbocycles. The van der Waals surface area contributed by atoms with Crippen molar-refractivity contribution in [1.82, 2.24) is 0 Å². The molecule has 0 aromatic heterocycles. The predicted octanol–water partition coefficient (Wildman–Crippen LogP) is -2.83. The van der Waals surface area contributed by atoms with Gasteiger partial charge in [-0.3, -0.25) is 0 Å². The highest BCUT2D eigenvalue weighted by Gasteiger charge is 2.42. The first-order valence-electron chi connectivity index (χ1n) is 4.06. The van der Waals surface area contributed by atoms with Crippen LogP contribution in [0.1, 0.15) is 6.42 Å². The molecule has 0 aromatic rings. The van der Waals surface area contributed by atoms with Crippen molar-refractivity contribution >= 4 is 0 Å². The summed E-state index contributed by atoms with van der Waals surface area (Å²) in [4.78, 5) is 0. The van der Waals surface area contributed by atoms with Crippen molar-refractivity contribution in [3.8, 4) is 0 Å². The predicted molar refractivity (Wildman–Crippen MR) is 40.6 cm³/mol. The second-order valence-corrected chi connectivity index (χ2v) is 3.05. The maximum atomic E-state index is 9.30. The van der Waals surface area contributed by atoms with Crippen LogP contribution < -0.4 is 0 Å². The van der Waals surface area contributed by atoms with Gasteiger partial charge >= 0.3 is 0 Å². The third-order valence-corrected chi connectivity index (χ3v) is 2.10. The summed E-state index contributed by atoms with van der Waals surface area (Å²) in [5.74, 6) is 0. The molecule has 5 atom stereocenters. The zero-order valence-electron chi connectivity index (χ0n) is 6.95. The van der Waals surface area contributed by atoms with Crippen LogP contribution >= 0.6 is 0 Å². The van der Waals surface area contributed by atoms with Crippen molar-refractivity contribution in [2.45, 2.75) is 37.1 Å². The summed E-state index contributed by atoms with van der Waals surface area (Å²) in [6.07, 6.45) is -6.51. The molecule has 0 aliphatic carbocycles. The number of aliphatic hydroxyl groups excluding tert-OH is 5. The second kappa shape index (κ2) is 4.32. The van der Waals surface area contributed by atoms with Crippen LogP contribution in [0.3, 0.4) is 0 Å². The van der Waals surface area contributed by atoms with E-state index >= 15 is 0 Å². The number of rotatable bonds is 2. The molecule has 1 saturated heterocycles. The Morgan fingerprint density at radius 3 is 2.08 bits per heavy atom. The van der Waals surface area contributed by atoms with Crippen LogP contribution in [0.15, 0.2) is 0 Å².